The fourth-order valence-electron chi connectivity index (χ4n) is 1.23. The first-order chi connectivity index (χ1) is 8.67. The number of rotatable bonds is 7. The Morgan fingerprint density at radius 2 is 2.22 bits per heavy atom. The molecule has 1 rings (SSSR count). The first kappa shape index (κ1) is 14.0. The Balaban J connectivity index is 2.45. The van der Waals surface area contributed by atoms with E-state index in [-0.39, 0.29) is 12.5 Å². The van der Waals surface area contributed by atoms with Crippen LogP contribution in [0.5, 0.6) is 5.88 Å². The maximum absolute atomic E-state index is 11.4. The van der Waals surface area contributed by atoms with Gasteiger partial charge in [-0.1, -0.05) is 0 Å². The third kappa shape index (κ3) is 4.46. The fraction of sp³-hybridized carbons (Fsp3) is 0.455. The number of methoxy groups -OCH3 is 2. The first-order valence-electron chi connectivity index (χ1n) is 5.47. The molecule has 0 unspecified atom stereocenters. The Kier molecular flexibility index (Phi) is 5.72. The van der Waals surface area contributed by atoms with Crippen LogP contribution in [0, 0.1) is 0 Å². The lowest BCUT2D eigenvalue weighted by atomic mass is 10.4. The second kappa shape index (κ2) is 7.33. The number of pyridine rings is 1. The first-order valence-corrected chi connectivity index (χ1v) is 5.47. The van der Waals surface area contributed by atoms with Crippen molar-refractivity contribution in [2.45, 2.75) is 0 Å². The molecule has 1 heterocycles. The van der Waals surface area contributed by atoms with Crippen LogP contribution in [0.25, 0.3) is 0 Å². The molecule has 0 aliphatic rings. The zero-order chi connectivity index (χ0) is 13.4. The van der Waals surface area contributed by atoms with Crippen molar-refractivity contribution in [2.75, 3.05) is 45.0 Å². The van der Waals surface area contributed by atoms with Crippen LogP contribution in [-0.4, -0.2) is 44.8 Å². The highest BCUT2D eigenvalue weighted by Crippen LogP contribution is 2.18. The minimum atomic E-state index is -0.156. The summed E-state index contributed by atoms with van der Waals surface area (Å²) >= 11 is 0. The van der Waals surface area contributed by atoms with Crippen LogP contribution in [0.15, 0.2) is 12.1 Å². The SMILES string of the molecule is COCCNC(=O)CNc1nc(OC)ccc1N. The molecular formula is C11H18N4O3. The van der Waals surface area contributed by atoms with E-state index < -0.39 is 0 Å². The number of aromatic nitrogens is 1. The monoisotopic (exact) mass is 254 g/mol. The van der Waals surface area contributed by atoms with Crippen LogP contribution in [0.1, 0.15) is 0 Å². The van der Waals surface area contributed by atoms with Gasteiger partial charge in [0.2, 0.25) is 11.8 Å². The number of hydrogen-bond donors (Lipinski definition) is 3. The number of amides is 1. The van der Waals surface area contributed by atoms with Gasteiger partial charge in [0.15, 0.2) is 5.82 Å². The number of hydrogen-bond acceptors (Lipinski definition) is 6. The van der Waals surface area contributed by atoms with E-state index in [9.17, 15) is 4.79 Å². The van der Waals surface area contributed by atoms with Gasteiger partial charge in [-0.05, 0) is 6.07 Å². The fourth-order valence-corrected chi connectivity index (χ4v) is 1.23. The second-order valence-electron chi connectivity index (χ2n) is 3.49. The summed E-state index contributed by atoms with van der Waals surface area (Å²) in [5, 5.41) is 5.52. The molecule has 0 saturated heterocycles. The number of nitrogens with zero attached hydrogens (tertiary/aromatic N) is 1. The summed E-state index contributed by atoms with van der Waals surface area (Å²) in [4.78, 5) is 15.5. The Bertz CT molecular complexity index is 398. The van der Waals surface area contributed by atoms with E-state index in [4.69, 9.17) is 15.2 Å². The van der Waals surface area contributed by atoms with Crippen LogP contribution in [-0.2, 0) is 9.53 Å². The number of nitrogens with two attached hydrogens (primary N) is 1. The summed E-state index contributed by atoms with van der Waals surface area (Å²) in [7, 11) is 3.09. The number of nitrogen functional groups attached to an aromatic ring is 1. The minimum absolute atomic E-state index is 0.0914. The van der Waals surface area contributed by atoms with E-state index in [1.165, 1.54) is 7.11 Å². The van der Waals surface area contributed by atoms with Gasteiger partial charge in [0.1, 0.15) is 0 Å². The predicted molar refractivity (Wildman–Crippen MR) is 68.6 cm³/mol. The topological polar surface area (TPSA) is 98.5 Å². The maximum atomic E-state index is 11.4. The number of carbonyl (C=O) groups excluding carboxylic acids is 1. The highest BCUT2D eigenvalue weighted by Gasteiger charge is 2.05. The van der Waals surface area contributed by atoms with Gasteiger partial charge < -0.3 is 25.8 Å². The average molecular weight is 254 g/mol. The number of carbonyl (C=O) groups is 1. The molecule has 0 atom stereocenters. The summed E-state index contributed by atoms with van der Waals surface area (Å²) in [6.45, 7) is 1.04. The minimum Gasteiger partial charge on any atom is -0.481 e. The Morgan fingerprint density at radius 3 is 2.89 bits per heavy atom. The quantitative estimate of drug-likeness (QED) is 0.585. The van der Waals surface area contributed by atoms with Crippen molar-refractivity contribution in [2.24, 2.45) is 0 Å². The van der Waals surface area contributed by atoms with Crippen LogP contribution in [0.2, 0.25) is 0 Å². The van der Waals surface area contributed by atoms with Gasteiger partial charge in [-0.15, -0.1) is 0 Å². The van der Waals surface area contributed by atoms with Gasteiger partial charge in [0.25, 0.3) is 0 Å². The molecule has 100 valence electrons. The molecule has 0 aliphatic heterocycles. The van der Waals surface area contributed by atoms with E-state index in [0.717, 1.165) is 0 Å². The molecule has 7 heteroatoms. The smallest absolute Gasteiger partial charge is 0.239 e. The number of anilines is 2. The lowest BCUT2D eigenvalue weighted by molar-refractivity contribution is -0.119. The van der Waals surface area contributed by atoms with Gasteiger partial charge in [-0.25, -0.2) is 0 Å². The van der Waals surface area contributed by atoms with Gasteiger partial charge in [-0.3, -0.25) is 4.79 Å². The van der Waals surface area contributed by atoms with E-state index >= 15 is 0 Å². The normalized spacial score (nSPS) is 9.89. The van der Waals surface area contributed by atoms with Gasteiger partial charge in [0.05, 0.1) is 25.9 Å². The molecule has 1 amide bonds. The van der Waals surface area contributed by atoms with E-state index in [0.29, 0.717) is 30.5 Å². The lowest BCUT2D eigenvalue weighted by Crippen LogP contribution is -2.32. The van der Waals surface area contributed by atoms with Crippen LogP contribution in [0.3, 0.4) is 0 Å². The van der Waals surface area contributed by atoms with Gasteiger partial charge >= 0.3 is 0 Å². The standard InChI is InChI=1S/C11H18N4O3/c1-17-6-5-13-9(16)7-14-11-8(12)3-4-10(15-11)18-2/h3-4H,5-7,12H2,1-2H3,(H,13,16)(H,14,15). The zero-order valence-electron chi connectivity index (χ0n) is 10.5. The maximum Gasteiger partial charge on any atom is 0.239 e. The molecular weight excluding hydrogens is 236 g/mol. The second-order valence-corrected chi connectivity index (χ2v) is 3.49. The molecule has 0 aromatic carbocycles. The lowest BCUT2D eigenvalue weighted by Gasteiger charge is -2.09. The number of ether oxygens (including phenoxy) is 2. The molecule has 0 aliphatic carbocycles. The van der Waals surface area contributed by atoms with Crippen molar-refractivity contribution < 1.29 is 14.3 Å². The molecule has 0 fully saturated rings. The molecule has 18 heavy (non-hydrogen) atoms. The predicted octanol–water partition coefficient (Wildman–Crippen LogP) is -0.153. The third-order valence-electron chi connectivity index (χ3n) is 2.15. The van der Waals surface area contributed by atoms with Crippen molar-refractivity contribution in [1.29, 1.82) is 0 Å². The van der Waals surface area contributed by atoms with Crippen molar-refractivity contribution in [3.63, 3.8) is 0 Å². The molecule has 0 saturated carbocycles. The Morgan fingerprint density at radius 1 is 1.44 bits per heavy atom. The summed E-state index contributed by atoms with van der Waals surface area (Å²) < 4.78 is 9.79. The van der Waals surface area contributed by atoms with Crippen LogP contribution in [0.4, 0.5) is 11.5 Å². The largest absolute Gasteiger partial charge is 0.481 e. The van der Waals surface area contributed by atoms with Crippen molar-refractivity contribution in [3.05, 3.63) is 12.1 Å². The third-order valence-corrected chi connectivity index (χ3v) is 2.15. The highest BCUT2D eigenvalue weighted by atomic mass is 16.5. The molecule has 1 aromatic rings. The molecule has 7 nitrogen and oxygen atoms in total. The Hall–Kier alpha value is -2.02. The zero-order valence-corrected chi connectivity index (χ0v) is 10.5. The molecule has 4 N–H and O–H groups in total. The van der Waals surface area contributed by atoms with Crippen LogP contribution >= 0.6 is 0 Å². The van der Waals surface area contributed by atoms with Crippen molar-refractivity contribution >= 4 is 17.4 Å². The number of nitrogens with one attached hydrogen (secondary N) is 2. The van der Waals surface area contributed by atoms with E-state index in [2.05, 4.69) is 15.6 Å². The van der Waals surface area contributed by atoms with Crippen LogP contribution < -0.4 is 21.1 Å². The van der Waals surface area contributed by atoms with Crippen molar-refractivity contribution in [3.8, 4) is 5.88 Å². The highest BCUT2D eigenvalue weighted by molar-refractivity contribution is 5.81. The Labute approximate surface area is 106 Å². The molecule has 0 bridgehead atoms. The average Bonchev–Trinajstić information content (AvgIpc) is 2.38. The molecule has 0 spiro atoms. The van der Waals surface area contributed by atoms with Gasteiger partial charge in [0, 0.05) is 19.7 Å². The van der Waals surface area contributed by atoms with Gasteiger partial charge in [-0.2, -0.15) is 4.98 Å². The summed E-state index contributed by atoms with van der Waals surface area (Å²) in [6, 6.07) is 3.32. The summed E-state index contributed by atoms with van der Waals surface area (Å²) in [6.07, 6.45) is 0. The summed E-state index contributed by atoms with van der Waals surface area (Å²) in [5.41, 5.74) is 6.18. The van der Waals surface area contributed by atoms with E-state index in [1.807, 2.05) is 0 Å². The molecule has 0 radical (unpaired) electrons. The van der Waals surface area contributed by atoms with Crippen molar-refractivity contribution in [1.82, 2.24) is 10.3 Å². The molecule has 1 aromatic heterocycles. The summed E-state index contributed by atoms with van der Waals surface area (Å²) in [5.74, 6) is 0.707. The van der Waals surface area contributed by atoms with E-state index in [1.54, 1.807) is 19.2 Å².